The number of carbonyl (C=O) groups excluding carboxylic acids is 1. The van der Waals surface area contributed by atoms with Gasteiger partial charge in [0.25, 0.3) is 0 Å². The number of halogens is 1. The maximum absolute atomic E-state index is 10.9. The van der Waals surface area contributed by atoms with E-state index in [1.807, 2.05) is 0 Å². The molecule has 0 radical (unpaired) electrons. The van der Waals surface area contributed by atoms with Gasteiger partial charge < -0.3 is 10.5 Å². The van der Waals surface area contributed by atoms with Gasteiger partial charge >= 0.3 is 5.97 Å². The molecule has 0 unspecified atom stereocenters. The molecule has 70 valence electrons. The van der Waals surface area contributed by atoms with Crippen LogP contribution in [0.4, 0.5) is 5.82 Å². The van der Waals surface area contributed by atoms with Crippen molar-refractivity contribution in [3.8, 4) is 0 Å². The van der Waals surface area contributed by atoms with Crippen molar-refractivity contribution in [2.24, 2.45) is 0 Å². The van der Waals surface area contributed by atoms with E-state index >= 15 is 0 Å². The molecule has 0 amide bonds. The lowest BCUT2D eigenvalue weighted by atomic mass is 10.2. The maximum Gasteiger partial charge on any atom is 0.309 e. The minimum atomic E-state index is -0.294. The number of esters is 1. The van der Waals surface area contributed by atoms with Crippen LogP contribution in [-0.4, -0.2) is 18.1 Å². The first-order valence-electron chi connectivity index (χ1n) is 3.60. The molecule has 1 rings (SSSR count). The van der Waals surface area contributed by atoms with Crippen LogP contribution in [0.2, 0.25) is 0 Å². The normalized spacial score (nSPS) is 9.69. The van der Waals surface area contributed by atoms with E-state index in [1.165, 1.54) is 7.11 Å². The van der Waals surface area contributed by atoms with Gasteiger partial charge in [0.1, 0.15) is 10.4 Å². The number of carbonyl (C=O) groups is 1. The number of methoxy groups -OCH3 is 1. The van der Waals surface area contributed by atoms with Crippen LogP contribution in [0.1, 0.15) is 5.56 Å². The predicted molar refractivity (Wildman–Crippen MR) is 52.1 cm³/mol. The van der Waals surface area contributed by atoms with E-state index in [4.69, 9.17) is 5.73 Å². The number of anilines is 1. The predicted octanol–water partition coefficient (Wildman–Crippen LogP) is 1.14. The number of hydrogen-bond acceptors (Lipinski definition) is 4. The molecule has 13 heavy (non-hydrogen) atoms. The van der Waals surface area contributed by atoms with Gasteiger partial charge in [-0.25, -0.2) is 4.98 Å². The summed E-state index contributed by atoms with van der Waals surface area (Å²) in [6.07, 6.45) is 0.210. The third-order valence-electron chi connectivity index (χ3n) is 1.45. The highest BCUT2D eigenvalue weighted by molar-refractivity contribution is 9.10. The van der Waals surface area contributed by atoms with Crippen LogP contribution >= 0.6 is 15.9 Å². The number of rotatable bonds is 2. The van der Waals surface area contributed by atoms with Gasteiger partial charge in [-0.3, -0.25) is 4.79 Å². The lowest BCUT2D eigenvalue weighted by Crippen LogP contribution is -2.05. The van der Waals surface area contributed by atoms with E-state index < -0.39 is 0 Å². The summed E-state index contributed by atoms with van der Waals surface area (Å²) in [7, 11) is 1.35. The zero-order valence-electron chi connectivity index (χ0n) is 7.08. The van der Waals surface area contributed by atoms with E-state index in [2.05, 4.69) is 25.7 Å². The Kier molecular flexibility index (Phi) is 3.25. The van der Waals surface area contributed by atoms with Crippen molar-refractivity contribution in [3.63, 3.8) is 0 Å². The molecule has 5 heteroatoms. The average molecular weight is 245 g/mol. The van der Waals surface area contributed by atoms with Gasteiger partial charge in [0.05, 0.1) is 13.5 Å². The van der Waals surface area contributed by atoms with Crippen molar-refractivity contribution in [3.05, 3.63) is 22.3 Å². The van der Waals surface area contributed by atoms with E-state index in [1.54, 1.807) is 12.1 Å². The molecule has 1 aromatic heterocycles. The fourth-order valence-corrected chi connectivity index (χ4v) is 1.41. The fraction of sp³-hybridized carbons (Fsp3) is 0.250. The number of nitrogens with two attached hydrogens (primary N) is 1. The molecule has 2 N–H and O–H groups in total. The Hall–Kier alpha value is -1.10. The summed E-state index contributed by atoms with van der Waals surface area (Å²) in [5, 5.41) is 0. The number of nitrogens with zero attached hydrogens (tertiary/aromatic N) is 1. The Labute approximate surface area is 84.2 Å². The number of pyridine rings is 1. The standard InChI is InChI=1S/C8H9BrN2O2/c1-13-8(12)4-5-2-6(9)11-7(10)3-5/h2-3H,4H2,1H3,(H2,10,11). The molecule has 0 atom stereocenters. The lowest BCUT2D eigenvalue weighted by molar-refractivity contribution is -0.139. The quantitative estimate of drug-likeness (QED) is 0.626. The summed E-state index contributed by atoms with van der Waals surface area (Å²) in [5.74, 6) is 0.0887. The van der Waals surface area contributed by atoms with Crippen molar-refractivity contribution in [1.29, 1.82) is 0 Å². The summed E-state index contributed by atoms with van der Waals surface area (Å²) in [6.45, 7) is 0. The molecule has 0 aliphatic rings. The Morgan fingerprint density at radius 1 is 1.69 bits per heavy atom. The number of aromatic nitrogens is 1. The molecule has 0 aliphatic carbocycles. The first-order valence-corrected chi connectivity index (χ1v) is 4.40. The molecular formula is C8H9BrN2O2. The highest BCUT2D eigenvalue weighted by Crippen LogP contribution is 2.13. The Bertz CT molecular complexity index is 308. The van der Waals surface area contributed by atoms with Gasteiger partial charge in [0.2, 0.25) is 0 Å². The van der Waals surface area contributed by atoms with E-state index in [-0.39, 0.29) is 12.4 Å². The van der Waals surface area contributed by atoms with Crippen molar-refractivity contribution in [2.45, 2.75) is 6.42 Å². The number of hydrogen-bond donors (Lipinski definition) is 1. The molecular weight excluding hydrogens is 236 g/mol. The molecule has 0 spiro atoms. The van der Waals surface area contributed by atoms with E-state index in [0.29, 0.717) is 10.4 Å². The zero-order valence-corrected chi connectivity index (χ0v) is 8.67. The molecule has 0 aromatic carbocycles. The van der Waals surface area contributed by atoms with Gasteiger partial charge in [-0.15, -0.1) is 0 Å². The third-order valence-corrected chi connectivity index (χ3v) is 1.86. The Balaban J connectivity index is 2.83. The van der Waals surface area contributed by atoms with Crippen LogP contribution < -0.4 is 5.73 Å². The topological polar surface area (TPSA) is 65.2 Å². The first kappa shape index (κ1) is 9.98. The second-order valence-corrected chi connectivity index (χ2v) is 3.29. The molecule has 0 fully saturated rings. The highest BCUT2D eigenvalue weighted by atomic mass is 79.9. The van der Waals surface area contributed by atoms with Crippen LogP contribution in [-0.2, 0) is 16.0 Å². The summed E-state index contributed by atoms with van der Waals surface area (Å²) in [5.41, 5.74) is 6.27. The minimum absolute atomic E-state index is 0.210. The smallest absolute Gasteiger partial charge is 0.309 e. The van der Waals surface area contributed by atoms with Crippen molar-refractivity contribution < 1.29 is 9.53 Å². The van der Waals surface area contributed by atoms with Gasteiger partial charge in [0.15, 0.2) is 0 Å². The van der Waals surface area contributed by atoms with Crippen LogP contribution in [0.3, 0.4) is 0 Å². The molecule has 0 saturated carbocycles. The summed E-state index contributed by atoms with van der Waals surface area (Å²) in [6, 6.07) is 3.37. The van der Waals surface area contributed by atoms with Crippen LogP contribution in [0.5, 0.6) is 0 Å². The Morgan fingerprint density at radius 3 is 2.92 bits per heavy atom. The van der Waals surface area contributed by atoms with Gasteiger partial charge in [-0.1, -0.05) is 0 Å². The van der Waals surface area contributed by atoms with Gasteiger partial charge in [-0.05, 0) is 33.6 Å². The number of nitrogen functional groups attached to an aromatic ring is 1. The van der Waals surface area contributed by atoms with Gasteiger partial charge in [0, 0.05) is 0 Å². The maximum atomic E-state index is 10.9. The number of ether oxygens (including phenoxy) is 1. The second kappa shape index (κ2) is 4.23. The van der Waals surface area contributed by atoms with Crippen molar-refractivity contribution in [2.75, 3.05) is 12.8 Å². The van der Waals surface area contributed by atoms with Crippen LogP contribution in [0.25, 0.3) is 0 Å². The van der Waals surface area contributed by atoms with Crippen LogP contribution in [0, 0.1) is 0 Å². The summed E-state index contributed by atoms with van der Waals surface area (Å²) < 4.78 is 5.14. The SMILES string of the molecule is COC(=O)Cc1cc(N)nc(Br)c1. The molecule has 0 aliphatic heterocycles. The lowest BCUT2D eigenvalue weighted by Gasteiger charge is -2.01. The summed E-state index contributed by atoms with van der Waals surface area (Å²) >= 11 is 3.18. The fourth-order valence-electron chi connectivity index (χ4n) is 0.913. The van der Waals surface area contributed by atoms with Crippen molar-refractivity contribution >= 4 is 27.7 Å². The molecule has 0 bridgehead atoms. The molecule has 1 heterocycles. The molecule has 0 saturated heterocycles. The molecule has 4 nitrogen and oxygen atoms in total. The molecule has 1 aromatic rings. The Morgan fingerprint density at radius 2 is 2.38 bits per heavy atom. The first-order chi connectivity index (χ1) is 6.11. The van der Waals surface area contributed by atoms with Gasteiger partial charge in [-0.2, -0.15) is 0 Å². The van der Waals surface area contributed by atoms with E-state index in [9.17, 15) is 4.79 Å². The highest BCUT2D eigenvalue weighted by Gasteiger charge is 2.04. The van der Waals surface area contributed by atoms with E-state index in [0.717, 1.165) is 5.56 Å². The van der Waals surface area contributed by atoms with Crippen molar-refractivity contribution in [1.82, 2.24) is 4.98 Å². The monoisotopic (exact) mass is 244 g/mol. The average Bonchev–Trinajstić information content (AvgIpc) is 2.02. The largest absolute Gasteiger partial charge is 0.469 e. The zero-order chi connectivity index (χ0) is 9.84. The minimum Gasteiger partial charge on any atom is -0.469 e. The summed E-state index contributed by atoms with van der Waals surface area (Å²) in [4.78, 5) is 14.8. The van der Waals surface area contributed by atoms with Crippen LogP contribution in [0.15, 0.2) is 16.7 Å². The third kappa shape index (κ3) is 3.02. The second-order valence-electron chi connectivity index (χ2n) is 2.48.